The number of halogens is 2. The summed E-state index contributed by atoms with van der Waals surface area (Å²) in [4.78, 5) is 9.82. The number of aryl methyl sites for hydroxylation is 2. The summed E-state index contributed by atoms with van der Waals surface area (Å²) >= 11 is 1.73. The monoisotopic (exact) mass is 400 g/mol. The standard InChI is InChI=1S/C12H21FN4S.HI/c1-9-10(2)18-11(17-9)5-8-16-12(14-3)15-7-4-6-13;/h4-8H2,1-3H3,(H2,14,15,16);1H. The molecule has 1 aromatic heterocycles. The van der Waals surface area contributed by atoms with Crippen molar-refractivity contribution < 1.29 is 4.39 Å². The van der Waals surface area contributed by atoms with Gasteiger partial charge in [0.15, 0.2) is 5.96 Å². The molecule has 0 saturated heterocycles. The first kappa shape index (κ1) is 18.6. The topological polar surface area (TPSA) is 49.3 Å². The van der Waals surface area contributed by atoms with E-state index >= 15 is 0 Å². The molecule has 1 rings (SSSR count). The minimum absolute atomic E-state index is 0. The molecule has 0 spiro atoms. The Kier molecular flexibility index (Phi) is 10.1. The van der Waals surface area contributed by atoms with Crippen molar-refractivity contribution in [2.75, 3.05) is 26.8 Å². The van der Waals surface area contributed by atoms with Crippen molar-refractivity contribution >= 4 is 41.3 Å². The highest BCUT2D eigenvalue weighted by molar-refractivity contribution is 14.0. The Labute approximate surface area is 135 Å². The molecule has 2 N–H and O–H groups in total. The minimum atomic E-state index is -0.304. The zero-order valence-electron chi connectivity index (χ0n) is 11.6. The number of hydrogen-bond acceptors (Lipinski definition) is 3. The second-order valence-corrected chi connectivity index (χ2v) is 5.26. The Morgan fingerprint density at radius 1 is 1.32 bits per heavy atom. The number of hydrogen-bond donors (Lipinski definition) is 2. The third kappa shape index (κ3) is 7.05. The van der Waals surface area contributed by atoms with E-state index in [2.05, 4.69) is 27.5 Å². The van der Waals surface area contributed by atoms with E-state index in [1.165, 1.54) is 4.88 Å². The van der Waals surface area contributed by atoms with E-state index in [1.54, 1.807) is 18.4 Å². The average molecular weight is 400 g/mol. The summed E-state index contributed by atoms with van der Waals surface area (Å²) in [7, 11) is 1.71. The highest BCUT2D eigenvalue weighted by Crippen LogP contribution is 2.16. The first-order chi connectivity index (χ1) is 8.67. The number of thiazole rings is 1. The van der Waals surface area contributed by atoms with E-state index in [-0.39, 0.29) is 30.7 Å². The van der Waals surface area contributed by atoms with Gasteiger partial charge in [-0.25, -0.2) is 4.98 Å². The largest absolute Gasteiger partial charge is 0.356 e. The van der Waals surface area contributed by atoms with Crippen LogP contribution >= 0.6 is 35.3 Å². The lowest BCUT2D eigenvalue weighted by Gasteiger charge is -2.10. The van der Waals surface area contributed by atoms with Crippen LogP contribution in [-0.2, 0) is 6.42 Å². The Balaban J connectivity index is 0.00000324. The smallest absolute Gasteiger partial charge is 0.190 e. The molecule has 7 heteroatoms. The number of rotatable bonds is 6. The highest BCUT2D eigenvalue weighted by atomic mass is 127. The number of aromatic nitrogens is 1. The second kappa shape index (κ2) is 10.4. The van der Waals surface area contributed by atoms with Crippen LogP contribution in [0.25, 0.3) is 0 Å². The van der Waals surface area contributed by atoms with Gasteiger partial charge in [0, 0.05) is 31.4 Å². The van der Waals surface area contributed by atoms with Crippen LogP contribution in [0.3, 0.4) is 0 Å². The lowest BCUT2D eigenvalue weighted by atomic mass is 10.4. The highest BCUT2D eigenvalue weighted by Gasteiger charge is 2.03. The first-order valence-corrected chi connectivity index (χ1v) is 6.92. The van der Waals surface area contributed by atoms with E-state index in [4.69, 9.17) is 0 Å². The molecule has 0 saturated carbocycles. The molecule has 0 radical (unpaired) electrons. The zero-order valence-corrected chi connectivity index (χ0v) is 14.8. The summed E-state index contributed by atoms with van der Waals surface area (Å²) in [5, 5.41) is 7.38. The Hall–Kier alpha value is -0.440. The molecule has 0 aliphatic heterocycles. The van der Waals surface area contributed by atoms with Gasteiger partial charge in [0.1, 0.15) is 0 Å². The molecule has 0 aliphatic carbocycles. The fourth-order valence-electron chi connectivity index (χ4n) is 1.43. The molecule has 0 amide bonds. The van der Waals surface area contributed by atoms with Crippen LogP contribution in [0.15, 0.2) is 4.99 Å². The maximum absolute atomic E-state index is 12.0. The van der Waals surface area contributed by atoms with Gasteiger partial charge in [-0.1, -0.05) is 0 Å². The van der Waals surface area contributed by atoms with Crippen molar-refractivity contribution in [3.8, 4) is 0 Å². The van der Waals surface area contributed by atoms with Gasteiger partial charge in [0.2, 0.25) is 0 Å². The molecule has 0 fully saturated rings. The molecule has 110 valence electrons. The van der Waals surface area contributed by atoms with Gasteiger partial charge in [0.05, 0.1) is 17.4 Å². The van der Waals surface area contributed by atoms with E-state index in [1.807, 2.05) is 6.92 Å². The maximum Gasteiger partial charge on any atom is 0.190 e. The molecular formula is C12H22FIN4S. The van der Waals surface area contributed by atoms with Crippen LogP contribution in [0, 0.1) is 13.8 Å². The van der Waals surface area contributed by atoms with Gasteiger partial charge < -0.3 is 10.6 Å². The van der Waals surface area contributed by atoms with Gasteiger partial charge in [-0.3, -0.25) is 9.38 Å². The Morgan fingerprint density at radius 2 is 2.00 bits per heavy atom. The average Bonchev–Trinajstić information content (AvgIpc) is 2.67. The minimum Gasteiger partial charge on any atom is -0.356 e. The van der Waals surface area contributed by atoms with E-state index in [0.29, 0.717) is 18.9 Å². The fourth-order valence-corrected chi connectivity index (χ4v) is 2.36. The summed E-state index contributed by atoms with van der Waals surface area (Å²) in [6.45, 7) is 5.19. The van der Waals surface area contributed by atoms with Crippen molar-refractivity contribution in [3.05, 3.63) is 15.6 Å². The van der Waals surface area contributed by atoms with Gasteiger partial charge in [-0.15, -0.1) is 35.3 Å². The number of alkyl halides is 1. The molecule has 4 nitrogen and oxygen atoms in total. The Morgan fingerprint density at radius 3 is 2.53 bits per heavy atom. The summed E-state index contributed by atoms with van der Waals surface area (Å²) in [5.41, 5.74) is 1.11. The maximum atomic E-state index is 12.0. The van der Waals surface area contributed by atoms with Gasteiger partial charge in [0.25, 0.3) is 0 Å². The fraction of sp³-hybridized carbons (Fsp3) is 0.667. The first-order valence-electron chi connectivity index (χ1n) is 6.10. The van der Waals surface area contributed by atoms with Crippen molar-refractivity contribution in [1.29, 1.82) is 0 Å². The van der Waals surface area contributed by atoms with Crippen molar-refractivity contribution in [2.45, 2.75) is 26.7 Å². The van der Waals surface area contributed by atoms with Crippen LogP contribution in [0.1, 0.15) is 22.0 Å². The van der Waals surface area contributed by atoms with Crippen molar-refractivity contribution in [2.24, 2.45) is 4.99 Å². The molecule has 1 aromatic rings. The normalized spacial score (nSPS) is 11.1. The number of guanidine groups is 1. The predicted octanol–water partition coefficient (Wildman–Crippen LogP) is 2.45. The SMILES string of the molecule is CN=C(NCCCF)NCCc1nc(C)c(C)s1.I. The molecule has 0 bridgehead atoms. The van der Waals surface area contributed by atoms with Crippen molar-refractivity contribution in [3.63, 3.8) is 0 Å². The summed E-state index contributed by atoms with van der Waals surface area (Å²) in [6, 6.07) is 0. The lowest BCUT2D eigenvalue weighted by Crippen LogP contribution is -2.38. The van der Waals surface area contributed by atoms with Crippen LogP contribution in [-0.4, -0.2) is 37.8 Å². The van der Waals surface area contributed by atoms with Gasteiger partial charge in [-0.2, -0.15) is 0 Å². The number of nitrogens with one attached hydrogen (secondary N) is 2. The van der Waals surface area contributed by atoms with Crippen LogP contribution in [0.2, 0.25) is 0 Å². The van der Waals surface area contributed by atoms with Gasteiger partial charge in [-0.05, 0) is 20.3 Å². The third-order valence-corrected chi connectivity index (χ3v) is 3.66. The molecule has 19 heavy (non-hydrogen) atoms. The molecule has 0 unspecified atom stereocenters. The quantitative estimate of drug-likeness (QED) is 0.334. The van der Waals surface area contributed by atoms with Crippen molar-refractivity contribution in [1.82, 2.24) is 15.6 Å². The van der Waals surface area contributed by atoms with Gasteiger partial charge >= 0.3 is 0 Å². The molecule has 1 heterocycles. The van der Waals surface area contributed by atoms with E-state index in [0.717, 1.165) is 23.7 Å². The molecule has 0 atom stereocenters. The number of nitrogens with zero attached hydrogens (tertiary/aromatic N) is 2. The summed E-state index contributed by atoms with van der Waals surface area (Å²) in [6.07, 6.45) is 1.38. The molecule has 0 aliphatic rings. The third-order valence-electron chi connectivity index (χ3n) is 2.53. The summed E-state index contributed by atoms with van der Waals surface area (Å²) < 4.78 is 12.0. The van der Waals surface area contributed by atoms with Crippen LogP contribution in [0.4, 0.5) is 4.39 Å². The Bertz CT molecular complexity index is 376. The van der Waals surface area contributed by atoms with E-state index in [9.17, 15) is 4.39 Å². The lowest BCUT2D eigenvalue weighted by molar-refractivity contribution is 0.470. The molecular weight excluding hydrogens is 378 g/mol. The number of aliphatic imine (C=N–C) groups is 1. The predicted molar refractivity (Wildman–Crippen MR) is 90.7 cm³/mol. The zero-order chi connectivity index (χ0) is 13.4. The van der Waals surface area contributed by atoms with Crippen LogP contribution < -0.4 is 10.6 Å². The van der Waals surface area contributed by atoms with Crippen LogP contribution in [0.5, 0.6) is 0 Å². The second-order valence-electron chi connectivity index (χ2n) is 3.97. The summed E-state index contributed by atoms with van der Waals surface area (Å²) in [5.74, 6) is 0.716. The van der Waals surface area contributed by atoms with E-state index < -0.39 is 0 Å². The molecule has 0 aromatic carbocycles.